The van der Waals surface area contributed by atoms with Gasteiger partial charge in [0.15, 0.2) is 4.77 Å². The van der Waals surface area contributed by atoms with Crippen molar-refractivity contribution in [2.45, 2.75) is 38.1 Å². The fraction of sp³-hybridized carbons (Fsp3) is 0.533. The molecule has 0 atom stereocenters. The molecule has 0 radical (unpaired) electrons. The highest BCUT2D eigenvalue weighted by Gasteiger charge is 2.22. The van der Waals surface area contributed by atoms with Crippen molar-refractivity contribution in [3.05, 3.63) is 34.9 Å². The molecule has 2 aromatic rings. The van der Waals surface area contributed by atoms with Crippen LogP contribution in [-0.2, 0) is 6.42 Å². The van der Waals surface area contributed by atoms with Crippen molar-refractivity contribution in [3.8, 4) is 0 Å². The Labute approximate surface area is 130 Å². The number of pyridine rings is 1. The van der Waals surface area contributed by atoms with Crippen molar-refractivity contribution in [2.75, 3.05) is 18.5 Å². The van der Waals surface area contributed by atoms with Gasteiger partial charge in [0.2, 0.25) is 5.95 Å². The molecular weight excluding hydrogens is 282 g/mol. The molecule has 1 saturated carbocycles. The largest absolute Gasteiger partial charge is 0.344 e. The van der Waals surface area contributed by atoms with Crippen molar-refractivity contribution in [3.63, 3.8) is 0 Å². The van der Waals surface area contributed by atoms with E-state index in [-0.39, 0.29) is 0 Å². The minimum absolute atomic E-state index is 0.503. The van der Waals surface area contributed by atoms with Crippen LogP contribution in [0.25, 0.3) is 0 Å². The van der Waals surface area contributed by atoms with Crippen LogP contribution in [-0.4, -0.2) is 33.3 Å². The zero-order valence-electron chi connectivity index (χ0n) is 12.3. The summed E-state index contributed by atoms with van der Waals surface area (Å²) in [4.78, 5) is 6.53. The van der Waals surface area contributed by atoms with Crippen molar-refractivity contribution in [2.24, 2.45) is 0 Å². The first kappa shape index (κ1) is 14.3. The first-order valence-electron chi connectivity index (χ1n) is 7.53. The highest BCUT2D eigenvalue weighted by molar-refractivity contribution is 7.71. The molecule has 1 fully saturated rings. The van der Waals surface area contributed by atoms with Gasteiger partial charge in [0, 0.05) is 37.9 Å². The number of hydrogen-bond donors (Lipinski definition) is 1. The summed E-state index contributed by atoms with van der Waals surface area (Å²) in [5.41, 5.74) is 1.10. The number of hydrogen-bond acceptors (Lipinski definition) is 4. The standard InChI is InChI=1S/C15H21N5S/c1-19(11-9-12-6-4-5-10-16-12)14-17-18-15(21)20(14)13-7-2-3-8-13/h4-6,10,13H,2-3,7-9,11H2,1H3,(H,18,21). The minimum atomic E-state index is 0.503. The molecule has 1 aliphatic carbocycles. The van der Waals surface area contributed by atoms with Crippen LogP contribution in [0.1, 0.15) is 37.4 Å². The second-order valence-electron chi connectivity index (χ2n) is 5.63. The van der Waals surface area contributed by atoms with Gasteiger partial charge in [-0.3, -0.25) is 9.55 Å². The van der Waals surface area contributed by atoms with E-state index >= 15 is 0 Å². The van der Waals surface area contributed by atoms with Crippen LogP contribution in [0.5, 0.6) is 0 Å². The number of anilines is 1. The number of aromatic nitrogens is 4. The highest BCUT2D eigenvalue weighted by atomic mass is 32.1. The van der Waals surface area contributed by atoms with E-state index in [0.717, 1.165) is 29.4 Å². The molecule has 6 heteroatoms. The number of likely N-dealkylation sites (N-methyl/N-ethyl adjacent to an activating group) is 1. The summed E-state index contributed by atoms with van der Waals surface area (Å²) < 4.78 is 2.93. The van der Waals surface area contributed by atoms with E-state index in [1.54, 1.807) is 0 Å². The summed E-state index contributed by atoms with van der Waals surface area (Å²) >= 11 is 5.41. The molecule has 5 nitrogen and oxygen atoms in total. The van der Waals surface area contributed by atoms with Crippen LogP contribution in [0.3, 0.4) is 0 Å². The summed E-state index contributed by atoms with van der Waals surface area (Å²) in [6.07, 6.45) is 7.72. The Balaban J connectivity index is 1.72. The van der Waals surface area contributed by atoms with Gasteiger partial charge in [-0.05, 0) is 37.2 Å². The van der Waals surface area contributed by atoms with E-state index in [1.807, 2.05) is 18.3 Å². The summed E-state index contributed by atoms with van der Waals surface area (Å²) in [6.45, 7) is 0.878. The summed E-state index contributed by atoms with van der Waals surface area (Å²) in [6, 6.07) is 6.53. The maximum Gasteiger partial charge on any atom is 0.225 e. The van der Waals surface area contributed by atoms with Crippen LogP contribution in [0.4, 0.5) is 5.95 Å². The van der Waals surface area contributed by atoms with Gasteiger partial charge in [-0.1, -0.05) is 18.9 Å². The van der Waals surface area contributed by atoms with Gasteiger partial charge >= 0.3 is 0 Å². The molecule has 0 aromatic carbocycles. The lowest BCUT2D eigenvalue weighted by Gasteiger charge is -2.21. The SMILES string of the molecule is CN(CCc1ccccn1)c1n[nH]c(=S)n1C1CCCC1. The molecule has 2 heterocycles. The van der Waals surface area contributed by atoms with Gasteiger partial charge in [0.25, 0.3) is 0 Å². The number of nitrogens with zero attached hydrogens (tertiary/aromatic N) is 4. The first-order chi connectivity index (χ1) is 10.3. The van der Waals surface area contributed by atoms with Crippen molar-refractivity contribution in [1.82, 2.24) is 19.7 Å². The van der Waals surface area contributed by atoms with Crippen molar-refractivity contribution >= 4 is 18.2 Å². The second-order valence-corrected chi connectivity index (χ2v) is 6.02. The number of H-pyrrole nitrogens is 1. The molecule has 0 unspecified atom stereocenters. The molecule has 0 aliphatic heterocycles. The Morgan fingerprint density at radius 3 is 2.90 bits per heavy atom. The number of aromatic amines is 1. The summed E-state index contributed by atoms with van der Waals surface area (Å²) in [5, 5.41) is 7.38. The average Bonchev–Trinajstić information content (AvgIpc) is 3.15. The van der Waals surface area contributed by atoms with Crippen LogP contribution < -0.4 is 4.90 Å². The number of rotatable bonds is 5. The molecule has 2 aromatic heterocycles. The molecule has 0 spiro atoms. The van der Waals surface area contributed by atoms with E-state index in [2.05, 4.69) is 37.8 Å². The molecule has 1 N–H and O–H groups in total. The number of nitrogens with one attached hydrogen (secondary N) is 1. The summed E-state index contributed by atoms with van der Waals surface area (Å²) in [7, 11) is 2.07. The third kappa shape index (κ3) is 3.15. The average molecular weight is 303 g/mol. The summed E-state index contributed by atoms with van der Waals surface area (Å²) in [5.74, 6) is 0.947. The lowest BCUT2D eigenvalue weighted by Crippen LogP contribution is -2.25. The highest BCUT2D eigenvalue weighted by Crippen LogP contribution is 2.32. The molecule has 0 amide bonds. The predicted octanol–water partition coefficient (Wildman–Crippen LogP) is 3.13. The molecule has 112 valence electrons. The van der Waals surface area contributed by atoms with Crippen LogP contribution in [0, 0.1) is 4.77 Å². The minimum Gasteiger partial charge on any atom is -0.344 e. The first-order valence-corrected chi connectivity index (χ1v) is 7.94. The van der Waals surface area contributed by atoms with Crippen LogP contribution in [0.15, 0.2) is 24.4 Å². The second kappa shape index (κ2) is 6.39. The van der Waals surface area contributed by atoms with Gasteiger partial charge in [-0.15, -0.1) is 5.10 Å². The Morgan fingerprint density at radius 1 is 1.38 bits per heavy atom. The Hall–Kier alpha value is -1.69. The van der Waals surface area contributed by atoms with E-state index in [0.29, 0.717) is 6.04 Å². The molecule has 3 rings (SSSR count). The zero-order valence-corrected chi connectivity index (χ0v) is 13.1. The quantitative estimate of drug-likeness (QED) is 0.862. The lowest BCUT2D eigenvalue weighted by atomic mass is 10.2. The van der Waals surface area contributed by atoms with Crippen molar-refractivity contribution < 1.29 is 0 Å². The lowest BCUT2D eigenvalue weighted by molar-refractivity contribution is 0.509. The van der Waals surface area contributed by atoms with Gasteiger partial charge in [-0.2, -0.15) is 0 Å². The maximum absolute atomic E-state index is 5.41. The van der Waals surface area contributed by atoms with Gasteiger partial charge < -0.3 is 4.90 Å². The van der Waals surface area contributed by atoms with E-state index in [4.69, 9.17) is 12.2 Å². The van der Waals surface area contributed by atoms with Crippen LogP contribution >= 0.6 is 12.2 Å². The fourth-order valence-corrected chi connectivity index (χ4v) is 3.26. The van der Waals surface area contributed by atoms with E-state index < -0.39 is 0 Å². The van der Waals surface area contributed by atoms with Gasteiger partial charge in [0.05, 0.1) is 0 Å². The molecule has 0 bridgehead atoms. The Kier molecular flexibility index (Phi) is 4.34. The Bertz CT molecular complexity index is 627. The molecule has 21 heavy (non-hydrogen) atoms. The zero-order chi connectivity index (χ0) is 14.7. The predicted molar refractivity (Wildman–Crippen MR) is 86.1 cm³/mol. The third-order valence-electron chi connectivity index (χ3n) is 4.15. The van der Waals surface area contributed by atoms with Crippen molar-refractivity contribution in [1.29, 1.82) is 0 Å². The van der Waals surface area contributed by atoms with Gasteiger partial charge in [0.1, 0.15) is 0 Å². The normalized spacial score (nSPS) is 15.5. The fourth-order valence-electron chi connectivity index (χ4n) is 2.99. The van der Waals surface area contributed by atoms with E-state index in [1.165, 1.54) is 25.7 Å². The topological polar surface area (TPSA) is 49.7 Å². The van der Waals surface area contributed by atoms with Gasteiger partial charge in [-0.25, -0.2) is 5.10 Å². The monoisotopic (exact) mass is 303 g/mol. The van der Waals surface area contributed by atoms with E-state index in [9.17, 15) is 0 Å². The van der Waals surface area contributed by atoms with Crippen LogP contribution in [0.2, 0.25) is 0 Å². The molecular formula is C15H21N5S. The molecule has 1 aliphatic rings. The Morgan fingerprint density at radius 2 is 2.19 bits per heavy atom. The third-order valence-corrected chi connectivity index (χ3v) is 4.43. The molecule has 0 saturated heterocycles. The smallest absolute Gasteiger partial charge is 0.225 e. The maximum atomic E-state index is 5.41.